The van der Waals surface area contributed by atoms with Crippen LogP contribution in [0.1, 0.15) is 16.1 Å². The second kappa shape index (κ2) is 15.1. The van der Waals surface area contributed by atoms with Crippen LogP contribution in [0.5, 0.6) is 5.75 Å². The van der Waals surface area contributed by atoms with E-state index in [4.69, 9.17) is 27.9 Å². The van der Waals surface area contributed by atoms with Crippen LogP contribution in [0.2, 0.25) is 10.0 Å². The number of hydrogen-bond donors (Lipinski definition) is 3. The summed E-state index contributed by atoms with van der Waals surface area (Å²) in [5, 5.41) is 9.67. The molecule has 228 valence electrons. The molecule has 0 unspecified atom stereocenters. The fourth-order valence-electron chi connectivity index (χ4n) is 3.98. The van der Waals surface area contributed by atoms with Gasteiger partial charge in [-0.1, -0.05) is 35.8 Å². The number of rotatable bonds is 14. The minimum atomic E-state index is -0.391. The standard InChI is InChI=1S/C31H32Cl2N8O3/c1-5-29(43)37-26-16-25(20(18-42)14-27(26)41(4)13-12-40(2)3)38-31-35-17-24(33)30(39-31)36-21-9-10-28(23(32)15-21)44-19-22-8-6-7-11-34-22/h5-11,14-18H,1,12-13,19H2,2-4H3,(H,37,43)(H2,35,36,38,39). The number of carbonyl (C=O) groups excluding carboxylic acids is 2. The largest absolute Gasteiger partial charge is 0.486 e. The minimum Gasteiger partial charge on any atom is -0.486 e. The molecular weight excluding hydrogens is 603 g/mol. The first-order valence-electron chi connectivity index (χ1n) is 13.5. The van der Waals surface area contributed by atoms with E-state index in [2.05, 4.69) is 37.5 Å². The third kappa shape index (κ3) is 8.66. The zero-order chi connectivity index (χ0) is 31.6. The first-order valence-corrected chi connectivity index (χ1v) is 14.2. The van der Waals surface area contributed by atoms with Gasteiger partial charge in [-0.25, -0.2) is 4.98 Å². The number of anilines is 6. The summed E-state index contributed by atoms with van der Waals surface area (Å²) in [7, 11) is 5.82. The fraction of sp³-hybridized carbons (Fsp3) is 0.194. The second-order valence-electron chi connectivity index (χ2n) is 9.89. The lowest BCUT2D eigenvalue weighted by Crippen LogP contribution is -2.29. The van der Waals surface area contributed by atoms with Crippen LogP contribution in [0.4, 0.5) is 34.5 Å². The Kier molecular flexibility index (Phi) is 11.1. The van der Waals surface area contributed by atoms with E-state index in [1.54, 1.807) is 36.5 Å². The van der Waals surface area contributed by atoms with Gasteiger partial charge in [0.2, 0.25) is 11.9 Å². The summed E-state index contributed by atoms with van der Waals surface area (Å²) < 4.78 is 5.80. The molecule has 2 aromatic carbocycles. The summed E-state index contributed by atoms with van der Waals surface area (Å²) in [6.07, 6.45) is 5.02. The van der Waals surface area contributed by atoms with Crippen LogP contribution in [-0.4, -0.2) is 66.3 Å². The Balaban J connectivity index is 1.55. The number of amides is 1. The minimum absolute atomic E-state index is 0.163. The predicted molar refractivity (Wildman–Crippen MR) is 176 cm³/mol. The maximum absolute atomic E-state index is 12.2. The van der Waals surface area contributed by atoms with Crippen molar-refractivity contribution in [1.82, 2.24) is 19.9 Å². The molecule has 11 nitrogen and oxygen atoms in total. The van der Waals surface area contributed by atoms with Gasteiger partial charge in [-0.2, -0.15) is 4.98 Å². The van der Waals surface area contributed by atoms with Crippen molar-refractivity contribution in [2.24, 2.45) is 0 Å². The Morgan fingerprint density at radius 2 is 1.82 bits per heavy atom. The number of ether oxygens (including phenoxy) is 1. The Labute approximate surface area is 265 Å². The fourth-order valence-corrected chi connectivity index (χ4v) is 4.36. The van der Waals surface area contributed by atoms with Crippen LogP contribution < -0.4 is 25.6 Å². The van der Waals surface area contributed by atoms with Crippen LogP contribution in [0.3, 0.4) is 0 Å². The number of hydrogen-bond acceptors (Lipinski definition) is 10. The first kappa shape index (κ1) is 32.2. The van der Waals surface area contributed by atoms with Crippen molar-refractivity contribution in [1.29, 1.82) is 0 Å². The highest BCUT2D eigenvalue weighted by Crippen LogP contribution is 2.34. The lowest BCUT2D eigenvalue weighted by molar-refractivity contribution is -0.111. The number of benzene rings is 2. The maximum atomic E-state index is 12.2. The molecule has 0 fully saturated rings. The quantitative estimate of drug-likeness (QED) is 0.109. The predicted octanol–water partition coefficient (Wildman–Crippen LogP) is 6.18. The van der Waals surface area contributed by atoms with Gasteiger partial charge in [0.25, 0.3) is 0 Å². The van der Waals surface area contributed by atoms with Crippen molar-refractivity contribution in [3.63, 3.8) is 0 Å². The summed E-state index contributed by atoms with van der Waals surface area (Å²) in [5.41, 5.74) is 3.26. The van der Waals surface area contributed by atoms with Crippen molar-refractivity contribution < 1.29 is 14.3 Å². The third-order valence-corrected chi connectivity index (χ3v) is 6.89. The van der Waals surface area contributed by atoms with Crippen LogP contribution in [-0.2, 0) is 11.4 Å². The highest BCUT2D eigenvalue weighted by Gasteiger charge is 2.17. The Bertz CT molecular complexity index is 1640. The van der Waals surface area contributed by atoms with Gasteiger partial charge in [0, 0.05) is 37.6 Å². The van der Waals surface area contributed by atoms with E-state index in [0.29, 0.717) is 51.4 Å². The summed E-state index contributed by atoms with van der Waals surface area (Å²) in [6.45, 7) is 5.24. The Morgan fingerprint density at radius 3 is 2.50 bits per heavy atom. The number of aromatic nitrogens is 3. The molecule has 1 amide bonds. The van der Waals surface area contributed by atoms with Gasteiger partial charge in [0.15, 0.2) is 12.1 Å². The van der Waals surface area contributed by atoms with Crippen LogP contribution in [0.25, 0.3) is 0 Å². The van der Waals surface area contributed by atoms with Crippen LogP contribution in [0.15, 0.2) is 73.6 Å². The topological polar surface area (TPSA) is 125 Å². The van der Waals surface area contributed by atoms with E-state index < -0.39 is 5.91 Å². The molecule has 2 heterocycles. The molecule has 3 N–H and O–H groups in total. The van der Waals surface area contributed by atoms with E-state index in [-0.39, 0.29) is 17.6 Å². The molecule has 0 saturated carbocycles. The van der Waals surface area contributed by atoms with Gasteiger partial charge in [0.05, 0.1) is 34.0 Å². The summed E-state index contributed by atoms with van der Waals surface area (Å²) >= 11 is 12.9. The normalized spacial score (nSPS) is 10.7. The average Bonchev–Trinajstić information content (AvgIpc) is 3.01. The van der Waals surface area contributed by atoms with Gasteiger partial charge < -0.3 is 30.5 Å². The molecule has 13 heteroatoms. The number of nitrogens with zero attached hydrogens (tertiary/aromatic N) is 5. The maximum Gasteiger partial charge on any atom is 0.247 e. The lowest BCUT2D eigenvalue weighted by atomic mass is 10.1. The van der Waals surface area contributed by atoms with E-state index >= 15 is 0 Å². The van der Waals surface area contributed by atoms with Crippen molar-refractivity contribution >= 4 is 69.9 Å². The number of aldehydes is 1. The Hall–Kier alpha value is -4.71. The molecule has 0 aliphatic carbocycles. The van der Waals surface area contributed by atoms with E-state index in [1.165, 1.54) is 12.3 Å². The molecule has 0 bridgehead atoms. The van der Waals surface area contributed by atoms with Crippen molar-refractivity contribution in [2.75, 3.05) is 55.1 Å². The molecule has 2 aromatic heterocycles. The van der Waals surface area contributed by atoms with Gasteiger partial charge in [-0.05, 0) is 62.6 Å². The van der Waals surface area contributed by atoms with Gasteiger partial charge in [-0.3, -0.25) is 14.6 Å². The van der Waals surface area contributed by atoms with E-state index in [1.807, 2.05) is 49.1 Å². The van der Waals surface area contributed by atoms with Crippen molar-refractivity contribution in [2.45, 2.75) is 6.61 Å². The number of halogens is 2. The van der Waals surface area contributed by atoms with Crippen LogP contribution in [0, 0.1) is 0 Å². The number of pyridine rings is 1. The molecule has 0 aliphatic heterocycles. The number of nitrogens with one attached hydrogen (secondary N) is 3. The lowest BCUT2D eigenvalue weighted by Gasteiger charge is -2.25. The smallest absolute Gasteiger partial charge is 0.247 e. The van der Waals surface area contributed by atoms with Crippen molar-refractivity contribution in [3.8, 4) is 5.75 Å². The molecule has 0 spiro atoms. The van der Waals surface area contributed by atoms with Gasteiger partial charge in [0.1, 0.15) is 17.4 Å². The molecule has 0 atom stereocenters. The molecule has 0 saturated heterocycles. The molecule has 4 aromatic rings. The van der Waals surface area contributed by atoms with E-state index in [0.717, 1.165) is 18.5 Å². The Morgan fingerprint density at radius 1 is 1.00 bits per heavy atom. The molecular formula is C31H32Cl2N8O3. The summed E-state index contributed by atoms with van der Waals surface area (Å²) in [4.78, 5) is 41.4. The highest BCUT2D eigenvalue weighted by atomic mass is 35.5. The summed E-state index contributed by atoms with van der Waals surface area (Å²) in [5.74, 6) is 0.569. The second-order valence-corrected chi connectivity index (χ2v) is 10.7. The number of likely N-dealkylation sites (N-methyl/N-ethyl adjacent to an activating group) is 2. The number of carbonyl (C=O) groups is 2. The average molecular weight is 636 g/mol. The zero-order valence-corrected chi connectivity index (χ0v) is 26.0. The third-order valence-electron chi connectivity index (χ3n) is 6.32. The first-order chi connectivity index (χ1) is 21.2. The van der Waals surface area contributed by atoms with Crippen LogP contribution >= 0.6 is 23.2 Å². The molecule has 0 radical (unpaired) electrons. The van der Waals surface area contributed by atoms with Crippen molar-refractivity contribution in [3.05, 3.63) is 94.9 Å². The molecule has 0 aliphatic rings. The van der Waals surface area contributed by atoms with Gasteiger partial charge in [-0.15, -0.1) is 0 Å². The highest BCUT2D eigenvalue weighted by molar-refractivity contribution is 6.33. The van der Waals surface area contributed by atoms with Gasteiger partial charge >= 0.3 is 0 Å². The summed E-state index contributed by atoms with van der Waals surface area (Å²) in [6, 6.07) is 14.1. The monoisotopic (exact) mass is 634 g/mol. The van der Waals surface area contributed by atoms with E-state index in [9.17, 15) is 9.59 Å². The SMILES string of the molecule is C=CC(=O)Nc1cc(Nc2ncc(Cl)c(Nc3ccc(OCc4ccccn4)c(Cl)c3)n2)c(C=O)cc1N(C)CCN(C)C. The molecule has 4 rings (SSSR count). The zero-order valence-electron chi connectivity index (χ0n) is 24.5. The molecule has 44 heavy (non-hydrogen) atoms.